The van der Waals surface area contributed by atoms with E-state index in [1.54, 1.807) is 4.90 Å². The first-order chi connectivity index (χ1) is 8.54. The molecule has 18 heavy (non-hydrogen) atoms. The number of likely N-dealkylation sites (tertiary alicyclic amines) is 1. The van der Waals surface area contributed by atoms with E-state index in [0.717, 1.165) is 19.3 Å². The quantitative estimate of drug-likeness (QED) is 0.767. The average molecular weight is 256 g/mol. The third-order valence-corrected chi connectivity index (χ3v) is 3.51. The van der Waals surface area contributed by atoms with Gasteiger partial charge >= 0.3 is 12.0 Å². The van der Waals surface area contributed by atoms with Crippen LogP contribution in [0.4, 0.5) is 4.79 Å². The molecule has 0 bridgehead atoms. The van der Waals surface area contributed by atoms with Crippen LogP contribution in [0.3, 0.4) is 0 Å². The molecule has 1 aliphatic heterocycles. The lowest BCUT2D eigenvalue weighted by Crippen LogP contribution is -2.49. The minimum Gasteiger partial charge on any atom is -0.480 e. The van der Waals surface area contributed by atoms with Crippen molar-refractivity contribution in [2.75, 3.05) is 13.1 Å². The van der Waals surface area contributed by atoms with E-state index in [2.05, 4.69) is 0 Å². The van der Waals surface area contributed by atoms with Crippen molar-refractivity contribution in [1.82, 2.24) is 9.80 Å². The van der Waals surface area contributed by atoms with E-state index >= 15 is 0 Å². The van der Waals surface area contributed by atoms with Gasteiger partial charge in [0, 0.05) is 25.6 Å². The fraction of sp³-hybridized carbons (Fsp3) is 0.833. The molecule has 1 heterocycles. The second kappa shape index (κ2) is 5.14. The van der Waals surface area contributed by atoms with E-state index in [-0.39, 0.29) is 25.0 Å². The van der Waals surface area contributed by atoms with Crippen LogP contribution in [0.2, 0.25) is 0 Å². The summed E-state index contributed by atoms with van der Waals surface area (Å²) < 4.78 is 0. The van der Waals surface area contributed by atoms with E-state index in [4.69, 9.17) is 5.11 Å². The number of carboxylic acid groups (broad SMARTS) is 1. The van der Waals surface area contributed by atoms with Crippen LogP contribution in [0.15, 0.2) is 0 Å². The number of hydrogen-bond donors (Lipinski definition) is 2. The molecule has 6 nitrogen and oxygen atoms in total. The summed E-state index contributed by atoms with van der Waals surface area (Å²) in [7, 11) is 0. The van der Waals surface area contributed by atoms with Gasteiger partial charge in [-0.3, -0.25) is 0 Å². The monoisotopic (exact) mass is 256 g/mol. The highest BCUT2D eigenvalue weighted by Gasteiger charge is 2.43. The van der Waals surface area contributed by atoms with Crippen molar-refractivity contribution >= 4 is 12.0 Å². The molecule has 1 saturated heterocycles. The summed E-state index contributed by atoms with van der Waals surface area (Å²) >= 11 is 0. The number of aliphatic hydroxyl groups is 1. The summed E-state index contributed by atoms with van der Waals surface area (Å²) in [6.07, 6.45) is 2.26. The summed E-state index contributed by atoms with van der Waals surface area (Å²) in [5.41, 5.74) is 0. The fourth-order valence-electron chi connectivity index (χ4n) is 2.49. The molecular weight excluding hydrogens is 236 g/mol. The van der Waals surface area contributed by atoms with Crippen LogP contribution in [0.5, 0.6) is 0 Å². The lowest BCUT2D eigenvalue weighted by molar-refractivity contribution is -0.141. The molecule has 0 aromatic rings. The van der Waals surface area contributed by atoms with E-state index in [1.807, 2.05) is 6.92 Å². The third-order valence-electron chi connectivity index (χ3n) is 3.51. The SMILES string of the molecule is CCCN(C(=O)N1C[C@@H](O)C[C@H]1C(=O)O)C1CC1. The van der Waals surface area contributed by atoms with Crippen LogP contribution in [0, 0.1) is 0 Å². The Morgan fingerprint density at radius 2 is 2.06 bits per heavy atom. The topological polar surface area (TPSA) is 81.1 Å². The molecule has 0 spiro atoms. The number of hydrogen-bond acceptors (Lipinski definition) is 3. The van der Waals surface area contributed by atoms with Gasteiger partial charge in [-0.15, -0.1) is 0 Å². The van der Waals surface area contributed by atoms with Crippen LogP contribution in [0.1, 0.15) is 32.6 Å². The summed E-state index contributed by atoms with van der Waals surface area (Å²) in [5.74, 6) is -1.04. The molecule has 2 atom stereocenters. The average Bonchev–Trinajstić information content (AvgIpc) is 3.07. The Balaban J connectivity index is 2.08. The van der Waals surface area contributed by atoms with E-state index in [1.165, 1.54) is 4.90 Å². The van der Waals surface area contributed by atoms with Crippen LogP contribution in [-0.2, 0) is 4.79 Å². The molecule has 0 unspecified atom stereocenters. The maximum absolute atomic E-state index is 12.4. The van der Waals surface area contributed by atoms with Gasteiger partial charge < -0.3 is 20.0 Å². The molecule has 2 N–H and O–H groups in total. The van der Waals surface area contributed by atoms with E-state index < -0.39 is 18.1 Å². The van der Waals surface area contributed by atoms with Gasteiger partial charge in [-0.2, -0.15) is 0 Å². The predicted octanol–water partition coefficient (Wildman–Crippen LogP) is 0.501. The molecule has 2 rings (SSSR count). The van der Waals surface area contributed by atoms with Crippen molar-refractivity contribution < 1.29 is 19.8 Å². The third kappa shape index (κ3) is 2.58. The van der Waals surface area contributed by atoms with Crippen molar-refractivity contribution in [3.63, 3.8) is 0 Å². The Kier molecular flexibility index (Phi) is 3.75. The van der Waals surface area contributed by atoms with Crippen molar-refractivity contribution in [2.45, 2.75) is 50.8 Å². The minimum atomic E-state index is -1.04. The maximum atomic E-state index is 12.4. The summed E-state index contributed by atoms with van der Waals surface area (Å²) in [4.78, 5) is 26.5. The predicted molar refractivity (Wildman–Crippen MR) is 64.2 cm³/mol. The number of urea groups is 1. The molecule has 1 aliphatic carbocycles. The van der Waals surface area contributed by atoms with Gasteiger partial charge in [0.2, 0.25) is 0 Å². The highest BCUT2D eigenvalue weighted by Crippen LogP contribution is 2.30. The molecule has 2 fully saturated rings. The lowest BCUT2D eigenvalue weighted by atomic mass is 10.2. The summed E-state index contributed by atoms with van der Waals surface area (Å²) in [6.45, 7) is 2.78. The standard InChI is InChI=1S/C12H20N2O4/c1-2-5-13(8-3-4-8)12(18)14-7-9(15)6-10(14)11(16)17/h8-10,15H,2-7H2,1H3,(H,16,17)/t9-,10-/m0/s1. The van der Waals surface area contributed by atoms with Gasteiger partial charge in [0.25, 0.3) is 0 Å². The smallest absolute Gasteiger partial charge is 0.326 e. The number of rotatable bonds is 4. The molecule has 6 heteroatoms. The largest absolute Gasteiger partial charge is 0.480 e. The molecule has 2 amide bonds. The van der Waals surface area contributed by atoms with Gasteiger partial charge in [0.15, 0.2) is 0 Å². The molecular formula is C12H20N2O4. The Labute approximate surface area is 106 Å². The van der Waals surface area contributed by atoms with Crippen molar-refractivity contribution in [2.24, 2.45) is 0 Å². The minimum absolute atomic E-state index is 0.128. The van der Waals surface area contributed by atoms with Gasteiger partial charge in [0.05, 0.1) is 6.10 Å². The van der Waals surface area contributed by atoms with Crippen LogP contribution in [-0.4, -0.2) is 63.3 Å². The lowest BCUT2D eigenvalue weighted by Gasteiger charge is -2.30. The van der Waals surface area contributed by atoms with Gasteiger partial charge in [-0.25, -0.2) is 9.59 Å². The van der Waals surface area contributed by atoms with E-state index in [0.29, 0.717) is 6.54 Å². The Morgan fingerprint density at radius 1 is 1.39 bits per heavy atom. The summed E-state index contributed by atoms with van der Waals surface area (Å²) in [6, 6.07) is -0.849. The highest BCUT2D eigenvalue weighted by molar-refractivity contribution is 5.83. The first kappa shape index (κ1) is 13.1. The molecule has 102 valence electrons. The number of carbonyl (C=O) groups is 2. The number of amides is 2. The Morgan fingerprint density at radius 3 is 2.56 bits per heavy atom. The highest BCUT2D eigenvalue weighted by atomic mass is 16.4. The maximum Gasteiger partial charge on any atom is 0.326 e. The van der Waals surface area contributed by atoms with Gasteiger partial charge in [-0.05, 0) is 19.3 Å². The normalized spacial score (nSPS) is 27.3. The first-order valence-electron chi connectivity index (χ1n) is 6.52. The Bertz CT molecular complexity index is 343. The molecule has 0 aromatic carbocycles. The van der Waals surface area contributed by atoms with Crippen molar-refractivity contribution in [1.29, 1.82) is 0 Å². The first-order valence-corrected chi connectivity index (χ1v) is 6.52. The number of carboxylic acids is 1. The molecule has 1 saturated carbocycles. The number of β-amino-alcohol motifs (C(OH)–C–C–N with tert-alkyl or cyclic N) is 1. The second-order valence-corrected chi connectivity index (χ2v) is 5.10. The number of nitrogens with zero attached hydrogens (tertiary/aromatic N) is 2. The van der Waals surface area contributed by atoms with Crippen molar-refractivity contribution in [3.05, 3.63) is 0 Å². The van der Waals surface area contributed by atoms with Crippen LogP contribution in [0.25, 0.3) is 0 Å². The Hall–Kier alpha value is -1.30. The number of aliphatic carboxylic acids is 1. The fourth-order valence-corrected chi connectivity index (χ4v) is 2.49. The molecule has 0 radical (unpaired) electrons. The zero-order chi connectivity index (χ0) is 13.3. The molecule has 2 aliphatic rings. The number of aliphatic hydroxyl groups excluding tert-OH is 1. The van der Waals surface area contributed by atoms with Crippen molar-refractivity contribution in [3.8, 4) is 0 Å². The molecule has 0 aromatic heterocycles. The zero-order valence-corrected chi connectivity index (χ0v) is 10.6. The number of carbonyl (C=O) groups excluding carboxylic acids is 1. The zero-order valence-electron chi connectivity index (χ0n) is 10.6. The van der Waals surface area contributed by atoms with Crippen LogP contribution < -0.4 is 0 Å². The second-order valence-electron chi connectivity index (χ2n) is 5.10. The summed E-state index contributed by atoms with van der Waals surface area (Å²) in [5, 5.41) is 18.7. The van der Waals surface area contributed by atoms with Crippen LogP contribution >= 0.6 is 0 Å². The van der Waals surface area contributed by atoms with Gasteiger partial charge in [0.1, 0.15) is 6.04 Å². The van der Waals surface area contributed by atoms with Gasteiger partial charge in [-0.1, -0.05) is 6.92 Å². The van der Waals surface area contributed by atoms with E-state index in [9.17, 15) is 14.7 Å².